The maximum Gasteiger partial charge on any atom is 0.512 e. The third-order valence-electron chi connectivity index (χ3n) is 3.32. The molecular formula is C12H12N6O6S2. The van der Waals surface area contributed by atoms with E-state index in [9.17, 15) is 14.4 Å². The van der Waals surface area contributed by atoms with E-state index in [0.29, 0.717) is 0 Å². The van der Waals surface area contributed by atoms with Gasteiger partial charge in [0.15, 0.2) is 0 Å². The second kappa shape index (κ2) is 7.17. The molecule has 3 N–H and O–H groups in total. The number of rotatable bonds is 5. The first-order chi connectivity index (χ1) is 12.4. The van der Waals surface area contributed by atoms with Crippen molar-refractivity contribution < 1.29 is 29.1 Å². The summed E-state index contributed by atoms with van der Waals surface area (Å²) in [5.41, 5.74) is 5.59. The predicted molar refractivity (Wildman–Crippen MR) is 91.1 cm³/mol. The Morgan fingerprint density at radius 3 is 2.92 bits per heavy atom. The van der Waals surface area contributed by atoms with Gasteiger partial charge in [0.25, 0.3) is 5.91 Å². The summed E-state index contributed by atoms with van der Waals surface area (Å²) in [7, 11) is 1.28. The summed E-state index contributed by atoms with van der Waals surface area (Å²) >= 11 is 2.12. The Morgan fingerprint density at radius 1 is 1.58 bits per heavy atom. The van der Waals surface area contributed by atoms with E-state index in [1.54, 1.807) is 0 Å². The zero-order valence-electron chi connectivity index (χ0n) is 13.1. The summed E-state index contributed by atoms with van der Waals surface area (Å²) in [6.45, 7) is 0. The number of β-lactam (4-membered cyclic amide) rings is 1. The molecule has 1 aromatic heterocycles. The van der Waals surface area contributed by atoms with Crippen LogP contribution in [0.15, 0.2) is 17.1 Å². The van der Waals surface area contributed by atoms with Crippen LogP contribution in [-0.2, 0) is 19.2 Å². The number of nitrogens with two attached hydrogens (primary N) is 1. The lowest BCUT2D eigenvalue weighted by Gasteiger charge is -2.45. The first kappa shape index (κ1) is 17.9. The zero-order valence-corrected chi connectivity index (χ0v) is 14.8. The van der Waals surface area contributed by atoms with E-state index >= 15 is 0 Å². The molecule has 1 aromatic rings. The van der Waals surface area contributed by atoms with Crippen LogP contribution in [0.3, 0.4) is 0 Å². The van der Waals surface area contributed by atoms with Gasteiger partial charge in [-0.05, 0) is 0 Å². The molecule has 0 radical (unpaired) electrons. The molecule has 12 nitrogen and oxygen atoms in total. The van der Waals surface area contributed by atoms with Crippen molar-refractivity contribution in [2.45, 2.75) is 17.2 Å². The van der Waals surface area contributed by atoms with Crippen molar-refractivity contribution >= 4 is 58.6 Å². The molecule has 1 fully saturated rings. The molecule has 2 amide bonds. The Labute approximate surface area is 154 Å². The van der Waals surface area contributed by atoms with E-state index in [0.717, 1.165) is 22.6 Å². The minimum atomic E-state index is -1.57. The second-order valence-corrected chi connectivity index (χ2v) is 6.96. The molecule has 1 unspecified atom stereocenters. The van der Waals surface area contributed by atoms with Gasteiger partial charge < -0.3 is 20.4 Å². The van der Waals surface area contributed by atoms with Crippen LogP contribution < -0.4 is 10.6 Å². The van der Waals surface area contributed by atoms with E-state index in [2.05, 4.69) is 24.1 Å². The second-order valence-electron chi connectivity index (χ2n) is 4.88. The summed E-state index contributed by atoms with van der Waals surface area (Å²) < 4.78 is 8.70. The normalized spacial score (nSPS) is 21.7. The molecule has 3 heterocycles. The van der Waals surface area contributed by atoms with E-state index in [-0.39, 0.29) is 34.7 Å². The summed E-state index contributed by atoms with van der Waals surface area (Å²) in [4.78, 5) is 46.0. The number of carboxylic acid groups (broad SMARTS) is 1. The minimum absolute atomic E-state index is 0.0163. The van der Waals surface area contributed by atoms with Gasteiger partial charge in [-0.3, -0.25) is 19.4 Å². The zero-order chi connectivity index (χ0) is 18.8. The highest BCUT2D eigenvalue weighted by Crippen LogP contribution is 2.42. The maximum atomic E-state index is 12.5. The summed E-state index contributed by atoms with van der Waals surface area (Å²) in [5, 5.41) is 11.3. The Morgan fingerprint density at radius 2 is 2.35 bits per heavy atom. The lowest BCUT2D eigenvalue weighted by molar-refractivity contribution is -0.141. The monoisotopic (exact) mass is 400 g/mol. The summed E-state index contributed by atoms with van der Waals surface area (Å²) in [6, 6.07) is 0. The van der Waals surface area contributed by atoms with Gasteiger partial charge in [0.1, 0.15) is 18.7 Å². The highest BCUT2D eigenvalue weighted by Gasteiger charge is 2.47. The number of fused-ring (bicyclic) bond motifs is 1. The highest BCUT2D eigenvalue weighted by molar-refractivity contribution is 8.00. The number of oxime groups is 1. The Kier molecular flexibility index (Phi) is 4.94. The van der Waals surface area contributed by atoms with Gasteiger partial charge in [0, 0.05) is 17.6 Å². The van der Waals surface area contributed by atoms with Gasteiger partial charge in [0.2, 0.25) is 22.9 Å². The van der Waals surface area contributed by atoms with Crippen molar-refractivity contribution in [3.8, 4) is 0 Å². The smallest absolute Gasteiger partial charge is 0.449 e. The van der Waals surface area contributed by atoms with Gasteiger partial charge in [-0.1, -0.05) is 5.16 Å². The van der Waals surface area contributed by atoms with Crippen molar-refractivity contribution in [2.75, 3.05) is 17.7 Å². The maximum absolute atomic E-state index is 12.5. The summed E-state index contributed by atoms with van der Waals surface area (Å²) in [5.74, 6) is -1.05. The molecule has 0 aromatic carbocycles. The molecule has 2 aliphatic rings. The number of aromatic nitrogens is 2. The van der Waals surface area contributed by atoms with Gasteiger partial charge in [-0.15, -0.1) is 11.8 Å². The molecule has 0 bridgehead atoms. The summed E-state index contributed by atoms with van der Waals surface area (Å²) in [6.07, 6.45) is 0.849. The van der Waals surface area contributed by atoms with Crippen molar-refractivity contribution in [3.05, 3.63) is 12.0 Å². The van der Waals surface area contributed by atoms with Crippen LogP contribution in [0.5, 0.6) is 0 Å². The molecule has 26 heavy (non-hydrogen) atoms. The lowest BCUT2D eigenvalue weighted by atomic mass is 10.2. The number of nitrogen functional groups attached to an aromatic ring is 1. The van der Waals surface area contributed by atoms with Crippen LogP contribution in [-0.4, -0.2) is 61.4 Å². The van der Waals surface area contributed by atoms with Gasteiger partial charge in [-0.25, -0.2) is 4.79 Å². The molecule has 2 atom stereocenters. The first-order valence-electron chi connectivity index (χ1n) is 6.99. The fourth-order valence-electron chi connectivity index (χ4n) is 2.29. The molecule has 0 aliphatic carbocycles. The largest absolute Gasteiger partial charge is 0.512 e. The van der Waals surface area contributed by atoms with Crippen LogP contribution >= 0.6 is 23.3 Å². The number of anilines is 2. The highest BCUT2D eigenvalue weighted by atomic mass is 32.2. The standard InChI is InChI=1S/C12H12N6O6S2/c1-23-14-4-6(20)18(11-15-10(13)26-16-11)9-3-7(24-12(21)22)17-5(19)2-8(17)25-9/h3-4,8-9H,2H2,1H3,(H,21,22)(H2,13,15,16)/t8-,9?/m0/s1. The molecular weight excluding hydrogens is 388 g/mol. The fourth-order valence-corrected chi connectivity index (χ4v) is 4.14. The number of ether oxygens (including phenoxy) is 1. The molecule has 2 aliphatic heterocycles. The average molecular weight is 400 g/mol. The van der Waals surface area contributed by atoms with E-state index in [1.165, 1.54) is 29.8 Å². The predicted octanol–water partition coefficient (Wildman–Crippen LogP) is 0.253. The Hall–Kier alpha value is -2.87. The molecule has 0 spiro atoms. The molecule has 1 saturated heterocycles. The number of carbonyl (C=O) groups excluding carboxylic acids is 2. The van der Waals surface area contributed by atoms with Crippen LogP contribution in [0, 0.1) is 0 Å². The van der Waals surface area contributed by atoms with Crippen molar-refractivity contribution in [1.82, 2.24) is 14.3 Å². The number of nitrogens with zero attached hydrogens (tertiary/aromatic N) is 5. The third-order valence-corrected chi connectivity index (χ3v) is 5.17. The van der Waals surface area contributed by atoms with Crippen molar-refractivity contribution in [3.63, 3.8) is 0 Å². The number of hydrogen-bond donors (Lipinski definition) is 2. The first-order valence-corrected chi connectivity index (χ1v) is 8.71. The number of hydrogen-bond acceptors (Lipinski definition) is 11. The van der Waals surface area contributed by atoms with E-state index in [4.69, 9.17) is 10.8 Å². The Bertz CT molecular complexity index is 810. The van der Waals surface area contributed by atoms with Crippen molar-refractivity contribution in [1.29, 1.82) is 0 Å². The fraction of sp³-hybridized carbons (Fsp3) is 0.333. The number of amides is 2. The van der Waals surface area contributed by atoms with Gasteiger partial charge in [-0.2, -0.15) is 9.36 Å². The topological polar surface area (TPSA) is 161 Å². The van der Waals surface area contributed by atoms with Crippen LogP contribution in [0.25, 0.3) is 0 Å². The van der Waals surface area contributed by atoms with Crippen molar-refractivity contribution in [2.24, 2.45) is 5.16 Å². The SMILES string of the molecule is CON=CC(=O)N(c1nsc(N)n1)C1C=C(OC(=O)O)N2C(=O)C[C@@H]2S1. The van der Waals surface area contributed by atoms with Gasteiger partial charge in [0.05, 0.1) is 11.8 Å². The molecule has 0 saturated carbocycles. The molecule has 138 valence electrons. The lowest BCUT2D eigenvalue weighted by Crippen LogP contribution is -2.56. The van der Waals surface area contributed by atoms with Gasteiger partial charge >= 0.3 is 6.16 Å². The van der Waals surface area contributed by atoms with E-state index < -0.39 is 17.4 Å². The quantitative estimate of drug-likeness (QED) is 0.303. The minimum Gasteiger partial charge on any atom is -0.449 e. The average Bonchev–Trinajstić information content (AvgIpc) is 2.97. The number of thioether (sulfide) groups is 1. The Balaban J connectivity index is 1.97. The third kappa shape index (κ3) is 3.41. The van der Waals surface area contributed by atoms with Crippen LogP contribution in [0.4, 0.5) is 15.9 Å². The number of carbonyl (C=O) groups is 3. The molecule has 3 rings (SSSR count). The van der Waals surface area contributed by atoms with Crippen LogP contribution in [0.2, 0.25) is 0 Å². The van der Waals surface area contributed by atoms with Crippen LogP contribution in [0.1, 0.15) is 6.42 Å². The van der Waals surface area contributed by atoms with E-state index in [1.807, 2.05) is 0 Å². The molecule has 14 heteroatoms.